The molecule has 0 N–H and O–H groups in total. The van der Waals surface area contributed by atoms with Gasteiger partial charge in [0, 0.05) is 40.2 Å². The number of nitro groups is 1. The molecule has 10 heteroatoms. The number of rotatable bonds is 3. The Morgan fingerprint density at radius 1 is 1.24 bits per heavy atom. The van der Waals surface area contributed by atoms with E-state index in [0.717, 1.165) is 5.70 Å². The minimum absolute atomic E-state index is 0.00746. The Bertz CT molecular complexity index is 826. The molecule has 29 heavy (non-hydrogen) atoms. The first-order chi connectivity index (χ1) is 13.8. The summed E-state index contributed by atoms with van der Waals surface area (Å²) >= 11 is 6.10. The van der Waals surface area contributed by atoms with E-state index in [9.17, 15) is 23.3 Å². The van der Waals surface area contributed by atoms with Crippen LogP contribution in [0.3, 0.4) is 0 Å². The third-order valence-electron chi connectivity index (χ3n) is 5.85. The number of allylic oxidation sites excluding steroid dienone is 2. The summed E-state index contributed by atoms with van der Waals surface area (Å²) in [5.74, 6) is -1.40. The van der Waals surface area contributed by atoms with Crippen molar-refractivity contribution in [1.82, 2.24) is 4.90 Å². The van der Waals surface area contributed by atoms with E-state index >= 15 is 0 Å². The topological polar surface area (TPSA) is 64.8 Å². The summed E-state index contributed by atoms with van der Waals surface area (Å²) < 4.78 is 51.7. The van der Waals surface area contributed by atoms with E-state index in [1.54, 1.807) is 0 Å². The van der Waals surface area contributed by atoms with Gasteiger partial charge >= 0.3 is 6.18 Å². The van der Waals surface area contributed by atoms with Gasteiger partial charge in [0.25, 0.3) is 12.1 Å². The predicted octanol–water partition coefficient (Wildman–Crippen LogP) is 4.02. The lowest BCUT2D eigenvalue weighted by molar-refractivity contribution is -0.550. The third-order valence-corrected chi connectivity index (χ3v) is 6.08. The van der Waals surface area contributed by atoms with Gasteiger partial charge in [0.2, 0.25) is 0 Å². The highest BCUT2D eigenvalue weighted by Gasteiger charge is 2.61. The minimum Gasteiger partial charge on any atom is -0.473 e. The molecule has 0 amide bonds. The number of halogens is 4. The highest BCUT2D eigenvalue weighted by molar-refractivity contribution is 6.30. The number of nitrogens with zero attached hydrogens (tertiary/aromatic N) is 2. The lowest BCUT2D eigenvalue weighted by Gasteiger charge is -2.41. The largest absolute Gasteiger partial charge is 0.473 e. The van der Waals surface area contributed by atoms with Crippen LogP contribution in [0.2, 0.25) is 5.02 Å². The van der Waals surface area contributed by atoms with Gasteiger partial charge in [-0.3, -0.25) is 10.1 Å². The molecule has 6 nitrogen and oxygen atoms in total. The molecule has 0 radical (unpaired) electrons. The first kappa shape index (κ1) is 20.3. The molecule has 0 spiro atoms. The molecule has 4 rings (SSSR count). The average Bonchev–Trinajstić information content (AvgIpc) is 3.15. The molecule has 4 atom stereocenters. The number of hydrogen-bond donors (Lipinski definition) is 0. The molecule has 3 aliphatic rings. The lowest BCUT2D eigenvalue weighted by atomic mass is 9.75. The summed E-state index contributed by atoms with van der Waals surface area (Å²) in [5, 5.41) is 12.2. The standard InChI is InChI=1S/C19H20ClF3N2O4/c20-11-4-5-15-13(10-11)16(17(25(26)27)18(29-15)19(21,22)23)12-2-1-3-14(12)24-6-8-28-9-7-24/h3-5,10,12,16-18H,1-2,6-9H2/t12-,16-,17+,18+/m0/s1. The van der Waals surface area contributed by atoms with Crippen molar-refractivity contribution in [3.63, 3.8) is 0 Å². The first-order valence-corrected chi connectivity index (χ1v) is 9.84. The van der Waals surface area contributed by atoms with E-state index in [2.05, 4.69) is 4.90 Å². The lowest BCUT2D eigenvalue weighted by Crippen LogP contribution is -2.55. The summed E-state index contributed by atoms with van der Waals surface area (Å²) in [6.45, 7) is 2.26. The van der Waals surface area contributed by atoms with Crippen LogP contribution in [0.4, 0.5) is 13.2 Å². The van der Waals surface area contributed by atoms with Crippen LogP contribution in [0.25, 0.3) is 0 Å². The number of ether oxygens (including phenoxy) is 2. The van der Waals surface area contributed by atoms with Crippen LogP contribution in [0.15, 0.2) is 30.0 Å². The second kappa shape index (κ2) is 7.68. The highest BCUT2D eigenvalue weighted by atomic mass is 35.5. The van der Waals surface area contributed by atoms with Crippen LogP contribution in [0, 0.1) is 16.0 Å². The third kappa shape index (κ3) is 3.77. The molecular weight excluding hydrogens is 413 g/mol. The number of benzene rings is 1. The van der Waals surface area contributed by atoms with Gasteiger partial charge in [0.05, 0.1) is 19.1 Å². The average molecular weight is 433 g/mol. The number of morpholine rings is 1. The molecular formula is C19H20ClF3N2O4. The van der Waals surface area contributed by atoms with Crippen LogP contribution in [-0.4, -0.2) is 54.4 Å². The smallest absolute Gasteiger partial charge is 0.432 e. The van der Waals surface area contributed by atoms with Crippen molar-refractivity contribution in [2.45, 2.75) is 37.1 Å². The maximum absolute atomic E-state index is 13.7. The Balaban J connectivity index is 1.80. The molecule has 2 aliphatic heterocycles. The van der Waals surface area contributed by atoms with Gasteiger partial charge in [-0.25, -0.2) is 0 Å². The van der Waals surface area contributed by atoms with E-state index in [1.807, 2.05) is 6.08 Å². The molecule has 0 bridgehead atoms. The summed E-state index contributed by atoms with van der Waals surface area (Å²) in [7, 11) is 0. The maximum atomic E-state index is 13.7. The number of fused-ring (bicyclic) bond motifs is 1. The van der Waals surface area contributed by atoms with E-state index in [0.29, 0.717) is 49.7 Å². The van der Waals surface area contributed by atoms with Crippen molar-refractivity contribution in [3.05, 3.63) is 50.7 Å². The SMILES string of the molecule is O=[N+]([O-])[C@@H]1[C@@H]([C@H]2CCC=C2N2CCOCC2)c2cc(Cl)ccc2O[C@H]1C(F)(F)F. The van der Waals surface area contributed by atoms with Crippen LogP contribution in [0.5, 0.6) is 5.75 Å². The Labute approximate surface area is 170 Å². The van der Waals surface area contributed by atoms with Gasteiger partial charge in [-0.2, -0.15) is 13.2 Å². The quantitative estimate of drug-likeness (QED) is 0.533. The zero-order valence-corrected chi connectivity index (χ0v) is 16.2. The molecule has 2 heterocycles. The number of hydrogen-bond acceptors (Lipinski definition) is 5. The van der Waals surface area contributed by atoms with Crippen molar-refractivity contribution in [1.29, 1.82) is 0 Å². The maximum Gasteiger partial charge on any atom is 0.432 e. The number of alkyl halides is 3. The predicted molar refractivity (Wildman–Crippen MR) is 98.6 cm³/mol. The van der Waals surface area contributed by atoms with Gasteiger partial charge < -0.3 is 14.4 Å². The van der Waals surface area contributed by atoms with E-state index < -0.39 is 35.1 Å². The molecule has 0 unspecified atom stereocenters. The highest BCUT2D eigenvalue weighted by Crippen LogP contribution is 2.51. The van der Waals surface area contributed by atoms with Crippen LogP contribution in [0.1, 0.15) is 24.3 Å². The molecule has 158 valence electrons. The fourth-order valence-corrected chi connectivity index (χ4v) is 4.86. The van der Waals surface area contributed by atoms with Crippen molar-refractivity contribution < 1.29 is 27.6 Å². The van der Waals surface area contributed by atoms with E-state index in [1.165, 1.54) is 18.2 Å². The normalized spacial score (nSPS) is 29.8. The first-order valence-electron chi connectivity index (χ1n) is 9.46. The zero-order chi connectivity index (χ0) is 20.8. The van der Waals surface area contributed by atoms with Gasteiger partial charge in [-0.15, -0.1) is 0 Å². The van der Waals surface area contributed by atoms with Crippen LogP contribution >= 0.6 is 11.6 Å². The second-order valence-corrected chi connectivity index (χ2v) is 7.91. The van der Waals surface area contributed by atoms with Crippen molar-refractivity contribution in [2.24, 2.45) is 5.92 Å². The molecule has 1 saturated heterocycles. The Hall–Kier alpha value is -2.00. The van der Waals surface area contributed by atoms with Gasteiger partial charge in [-0.05, 0) is 31.0 Å². The minimum atomic E-state index is -4.87. The Morgan fingerprint density at radius 3 is 2.62 bits per heavy atom. The molecule has 1 aliphatic carbocycles. The Kier molecular flexibility index (Phi) is 5.37. The molecule has 1 aromatic carbocycles. The second-order valence-electron chi connectivity index (χ2n) is 7.48. The van der Waals surface area contributed by atoms with Crippen molar-refractivity contribution >= 4 is 11.6 Å². The fourth-order valence-electron chi connectivity index (χ4n) is 4.68. The molecule has 0 saturated carbocycles. The van der Waals surface area contributed by atoms with Gasteiger partial charge in [0.15, 0.2) is 0 Å². The monoisotopic (exact) mass is 432 g/mol. The summed E-state index contributed by atoms with van der Waals surface area (Å²) in [4.78, 5) is 13.1. The van der Waals surface area contributed by atoms with E-state index in [4.69, 9.17) is 21.1 Å². The van der Waals surface area contributed by atoms with Crippen molar-refractivity contribution in [2.75, 3.05) is 26.3 Å². The van der Waals surface area contributed by atoms with Gasteiger partial charge in [0.1, 0.15) is 5.75 Å². The molecule has 1 aromatic rings. The zero-order valence-electron chi connectivity index (χ0n) is 15.4. The summed E-state index contributed by atoms with van der Waals surface area (Å²) in [6.07, 6.45) is -4.20. The Morgan fingerprint density at radius 2 is 1.97 bits per heavy atom. The summed E-state index contributed by atoms with van der Waals surface area (Å²) in [6, 6.07) is 2.35. The molecule has 1 fully saturated rings. The summed E-state index contributed by atoms with van der Waals surface area (Å²) in [5.41, 5.74) is 1.23. The van der Waals surface area contributed by atoms with Crippen LogP contribution in [-0.2, 0) is 4.74 Å². The van der Waals surface area contributed by atoms with Crippen LogP contribution < -0.4 is 4.74 Å². The molecule has 0 aromatic heterocycles. The van der Waals surface area contributed by atoms with Crippen molar-refractivity contribution in [3.8, 4) is 5.75 Å². The van der Waals surface area contributed by atoms with E-state index in [-0.39, 0.29) is 5.75 Å². The fraction of sp³-hybridized carbons (Fsp3) is 0.579. The van der Waals surface area contributed by atoms with Gasteiger partial charge in [-0.1, -0.05) is 17.7 Å².